The summed E-state index contributed by atoms with van der Waals surface area (Å²) in [5, 5.41) is 16.5. The van der Waals surface area contributed by atoms with Gasteiger partial charge < -0.3 is 16.0 Å². The van der Waals surface area contributed by atoms with Crippen LogP contribution in [-0.2, 0) is 12.6 Å². The van der Waals surface area contributed by atoms with Crippen LogP contribution in [0.2, 0.25) is 0 Å². The Balaban J connectivity index is 1.39. The van der Waals surface area contributed by atoms with Crippen molar-refractivity contribution in [3.05, 3.63) is 78.7 Å². The number of alkyl halides is 3. The first-order valence-corrected chi connectivity index (χ1v) is 10.9. The van der Waals surface area contributed by atoms with Gasteiger partial charge in [0.2, 0.25) is 0 Å². The average molecular weight is 470 g/mol. The van der Waals surface area contributed by atoms with Gasteiger partial charge in [-0.25, -0.2) is 0 Å². The topological polar surface area (TPSA) is 90.5 Å². The third-order valence-electron chi connectivity index (χ3n) is 5.70. The number of hydrogen-bond donors (Lipinski definition) is 4. The normalized spacial score (nSPS) is 14.6. The minimum absolute atomic E-state index is 0.217. The van der Waals surface area contributed by atoms with E-state index < -0.39 is 11.7 Å². The third-order valence-corrected chi connectivity index (χ3v) is 5.70. The van der Waals surface area contributed by atoms with Gasteiger partial charge >= 0.3 is 6.18 Å². The van der Waals surface area contributed by atoms with E-state index in [9.17, 15) is 13.2 Å². The number of H-pyrrole nitrogens is 1. The number of anilines is 2. The fourth-order valence-corrected chi connectivity index (χ4v) is 3.84. The zero-order chi connectivity index (χ0) is 24.1. The molecule has 4 rings (SSSR count). The summed E-state index contributed by atoms with van der Waals surface area (Å²) in [5.41, 5.74) is 2.90. The summed E-state index contributed by atoms with van der Waals surface area (Å²) in [7, 11) is 0. The van der Waals surface area contributed by atoms with Crippen molar-refractivity contribution in [2.45, 2.75) is 25.4 Å². The van der Waals surface area contributed by atoms with Gasteiger partial charge in [0.05, 0.1) is 28.8 Å². The fourth-order valence-electron chi connectivity index (χ4n) is 3.84. The first-order valence-electron chi connectivity index (χ1n) is 10.9. The first kappa shape index (κ1) is 23.5. The highest BCUT2D eigenvalue weighted by Gasteiger charge is 2.31. The number of aromatic amines is 1. The van der Waals surface area contributed by atoms with Crippen LogP contribution in [0.25, 0.3) is 11.4 Å². The van der Waals surface area contributed by atoms with Gasteiger partial charge in [-0.2, -0.15) is 18.3 Å². The second kappa shape index (κ2) is 10.1. The van der Waals surface area contributed by atoms with Gasteiger partial charge in [-0.1, -0.05) is 13.2 Å². The maximum atomic E-state index is 13.0. The summed E-state index contributed by atoms with van der Waals surface area (Å²) in [5.74, 6) is 0.653. The van der Waals surface area contributed by atoms with Crippen LogP contribution in [-0.4, -0.2) is 33.3 Å². The van der Waals surface area contributed by atoms with E-state index in [1.54, 1.807) is 12.4 Å². The van der Waals surface area contributed by atoms with Crippen molar-refractivity contribution >= 4 is 22.8 Å². The highest BCUT2D eigenvalue weighted by molar-refractivity contribution is 5.84. The van der Waals surface area contributed by atoms with Gasteiger partial charge in [0.25, 0.3) is 0 Å². The summed E-state index contributed by atoms with van der Waals surface area (Å²) < 4.78 is 39.0. The Hall–Kier alpha value is -3.66. The van der Waals surface area contributed by atoms with Crippen molar-refractivity contribution in [2.75, 3.05) is 23.7 Å². The number of nitrogens with one attached hydrogen (secondary N) is 4. The first-order chi connectivity index (χ1) is 16.3. The molecule has 1 fully saturated rings. The van der Waals surface area contributed by atoms with Crippen molar-refractivity contribution in [2.24, 2.45) is 5.92 Å². The van der Waals surface area contributed by atoms with Gasteiger partial charge in [-0.15, -0.1) is 0 Å². The Morgan fingerprint density at radius 3 is 2.56 bits per heavy atom. The van der Waals surface area contributed by atoms with Gasteiger partial charge in [-0.3, -0.25) is 15.1 Å². The molecule has 4 heterocycles. The predicted octanol–water partition coefficient (Wildman–Crippen LogP) is 4.93. The van der Waals surface area contributed by atoms with E-state index in [4.69, 9.17) is 0 Å². The van der Waals surface area contributed by atoms with E-state index in [2.05, 4.69) is 49.3 Å². The molecule has 178 valence electrons. The smallest absolute Gasteiger partial charge is 0.353 e. The molecule has 34 heavy (non-hydrogen) atoms. The number of aromatic nitrogens is 4. The molecule has 0 spiro atoms. The number of rotatable bonds is 8. The molecule has 0 saturated carbocycles. The molecule has 1 aliphatic rings. The number of halogens is 3. The van der Waals surface area contributed by atoms with E-state index in [0.29, 0.717) is 23.0 Å². The van der Waals surface area contributed by atoms with Crippen molar-refractivity contribution in [1.82, 2.24) is 25.5 Å². The lowest BCUT2D eigenvalue weighted by atomic mass is 9.93. The molecule has 3 aromatic rings. The lowest BCUT2D eigenvalue weighted by molar-refractivity contribution is -0.137. The molecular weight excluding hydrogens is 443 g/mol. The Morgan fingerprint density at radius 1 is 1.06 bits per heavy atom. The zero-order valence-electron chi connectivity index (χ0n) is 18.5. The Kier molecular flexibility index (Phi) is 6.97. The third kappa shape index (κ3) is 5.82. The summed E-state index contributed by atoms with van der Waals surface area (Å²) >= 11 is 0. The van der Waals surface area contributed by atoms with Gasteiger partial charge in [0.15, 0.2) is 0 Å². The van der Waals surface area contributed by atoms with Gasteiger partial charge in [0.1, 0.15) is 5.69 Å². The molecule has 0 aromatic carbocycles. The number of hydrogen-bond acceptors (Lipinski definition) is 6. The fraction of sp³-hybridized carbons (Fsp3) is 0.292. The van der Waals surface area contributed by atoms with Crippen LogP contribution in [0.3, 0.4) is 0 Å². The summed E-state index contributed by atoms with van der Waals surface area (Å²) in [6, 6.07) is 4.94. The van der Waals surface area contributed by atoms with Crippen molar-refractivity contribution in [3.8, 4) is 0 Å². The summed E-state index contributed by atoms with van der Waals surface area (Å²) in [4.78, 5) is 8.24. The highest BCUT2D eigenvalue weighted by Crippen LogP contribution is 2.31. The summed E-state index contributed by atoms with van der Waals surface area (Å²) in [6.07, 6.45) is 4.22. The van der Waals surface area contributed by atoms with Crippen LogP contribution in [0.4, 0.5) is 24.5 Å². The molecule has 0 unspecified atom stereocenters. The van der Waals surface area contributed by atoms with Crippen LogP contribution in [0.15, 0.2) is 56.1 Å². The zero-order valence-corrected chi connectivity index (χ0v) is 18.5. The van der Waals surface area contributed by atoms with E-state index in [-0.39, 0.29) is 11.3 Å². The average Bonchev–Trinajstić information content (AvgIpc) is 3.29. The molecule has 1 aliphatic heterocycles. The largest absolute Gasteiger partial charge is 0.417 e. The quantitative estimate of drug-likeness (QED) is 0.374. The molecule has 0 amide bonds. The van der Waals surface area contributed by atoms with E-state index in [1.807, 2.05) is 12.1 Å². The maximum Gasteiger partial charge on any atom is 0.417 e. The monoisotopic (exact) mass is 469 g/mol. The van der Waals surface area contributed by atoms with Crippen molar-refractivity contribution in [1.29, 1.82) is 0 Å². The number of nitrogens with zero attached hydrogens (tertiary/aromatic N) is 3. The molecule has 0 radical (unpaired) electrons. The lowest BCUT2D eigenvalue weighted by Gasteiger charge is -2.22. The van der Waals surface area contributed by atoms with Crippen LogP contribution >= 0.6 is 0 Å². The Bertz CT molecular complexity index is 1150. The molecule has 0 bridgehead atoms. The lowest BCUT2D eigenvalue weighted by Crippen LogP contribution is -2.28. The van der Waals surface area contributed by atoms with Crippen LogP contribution in [0, 0.1) is 5.92 Å². The Labute approximate surface area is 195 Å². The highest BCUT2D eigenvalue weighted by atomic mass is 19.4. The number of pyridine rings is 2. The minimum Gasteiger partial charge on any atom is -0.353 e. The van der Waals surface area contributed by atoms with Crippen molar-refractivity contribution in [3.63, 3.8) is 0 Å². The van der Waals surface area contributed by atoms with E-state index >= 15 is 0 Å². The summed E-state index contributed by atoms with van der Waals surface area (Å²) in [6.45, 7) is 9.99. The standard InChI is InChI=1S/C24H26F3N7/c1-15(18-10-19(12-29-11-18)24(25,26)27)33-22-14-31-34-23(22)16(2)32-21-4-3-20(30-13-21)9-17-5-7-28-8-6-17/h3-4,10-14,17,28,32-33H,1-2,5-9H2,(H,31,34). The van der Waals surface area contributed by atoms with Crippen LogP contribution in [0.1, 0.15) is 35.4 Å². The SMILES string of the molecule is C=C(Nc1c[nH]nc1C(=C)Nc1ccc(CC2CCNCC2)nc1)c1cncc(C(F)(F)F)c1. The van der Waals surface area contributed by atoms with Gasteiger partial charge in [0, 0.05) is 35.5 Å². The predicted molar refractivity (Wildman–Crippen MR) is 127 cm³/mol. The Morgan fingerprint density at radius 2 is 1.85 bits per heavy atom. The van der Waals surface area contributed by atoms with Crippen molar-refractivity contribution < 1.29 is 13.2 Å². The number of piperidine rings is 1. The maximum absolute atomic E-state index is 13.0. The molecular formula is C24H26F3N7. The molecule has 10 heteroatoms. The van der Waals surface area contributed by atoms with E-state index in [0.717, 1.165) is 56.0 Å². The van der Waals surface area contributed by atoms with Crippen LogP contribution in [0.5, 0.6) is 0 Å². The van der Waals surface area contributed by atoms with E-state index in [1.165, 1.54) is 6.20 Å². The van der Waals surface area contributed by atoms with Gasteiger partial charge in [-0.05, 0) is 56.5 Å². The molecule has 0 aliphatic carbocycles. The van der Waals surface area contributed by atoms with Crippen LogP contribution < -0.4 is 16.0 Å². The second-order valence-electron chi connectivity index (χ2n) is 8.25. The second-order valence-corrected chi connectivity index (χ2v) is 8.25. The minimum atomic E-state index is -4.49. The molecule has 1 saturated heterocycles. The molecule has 4 N–H and O–H groups in total. The molecule has 0 atom stereocenters. The molecule has 3 aromatic heterocycles. The molecule has 7 nitrogen and oxygen atoms in total.